The van der Waals surface area contributed by atoms with Crippen LogP contribution >= 0.6 is 0 Å². The van der Waals surface area contributed by atoms with Crippen molar-refractivity contribution in [1.29, 1.82) is 0 Å². The van der Waals surface area contributed by atoms with Gasteiger partial charge in [0, 0.05) is 36.2 Å². The van der Waals surface area contributed by atoms with Gasteiger partial charge in [-0.15, -0.1) is 0 Å². The summed E-state index contributed by atoms with van der Waals surface area (Å²) < 4.78 is 35.4. The maximum absolute atomic E-state index is 15.3. The van der Waals surface area contributed by atoms with Gasteiger partial charge in [-0.25, -0.2) is 13.9 Å². The standard InChI is InChI=1S/C31H37FN4O5/c1-19-13-24-22(8-9-26-25(24)15-33-36(26)28-5-3-4-12-40-28)29(35(19)18-31(32)10-11-31)23-7-6-20(14-27(23)39-2)41-21-16-34(17-21)30(37)38/h6-9,14-15,19,21,28-29H,3-5,10-13,16-18H2,1-2H3,(H,37,38)/t19-,28?,29+/m1/s1. The maximum Gasteiger partial charge on any atom is 0.407 e. The summed E-state index contributed by atoms with van der Waals surface area (Å²) in [6, 6.07) is 10.0. The third-order valence-corrected chi connectivity index (χ3v) is 9.23. The number of alkyl halides is 1. The Morgan fingerprint density at radius 2 is 2.00 bits per heavy atom. The predicted molar refractivity (Wildman–Crippen MR) is 150 cm³/mol. The zero-order valence-electron chi connectivity index (χ0n) is 23.6. The Hall–Kier alpha value is -3.37. The lowest BCUT2D eigenvalue weighted by Crippen LogP contribution is -2.55. The molecule has 1 saturated carbocycles. The van der Waals surface area contributed by atoms with E-state index < -0.39 is 11.8 Å². The fraction of sp³-hybridized carbons (Fsp3) is 0.548. The van der Waals surface area contributed by atoms with Crippen LogP contribution in [-0.4, -0.2) is 81.9 Å². The summed E-state index contributed by atoms with van der Waals surface area (Å²) in [4.78, 5) is 14.8. The molecule has 2 aromatic carbocycles. The molecule has 9 nitrogen and oxygen atoms in total. The van der Waals surface area contributed by atoms with Crippen molar-refractivity contribution in [2.24, 2.45) is 0 Å². The largest absolute Gasteiger partial charge is 0.496 e. The van der Waals surface area contributed by atoms with Crippen LogP contribution in [0.25, 0.3) is 10.9 Å². The van der Waals surface area contributed by atoms with Gasteiger partial charge in [0.15, 0.2) is 6.23 Å². The minimum absolute atomic E-state index is 0.0419. The number of amides is 1. The number of benzene rings is 2. The van der Waals surface area contributed by atoms with Crippen LogP contribution in [0.2, 0.25) is 0 Å². The quantitative estimate of drug-likeness (QED) is 0.415. The summed E-state index contributed by atoms with van der Waals surface area (Å²) in [7, 11) is 1.64. The Bertz CT molecular complexity index is 1460. The van der Waals surface area contributed by atoms with Crippen molar-refractivity contribution < 1.29 is 28.5 Å². The highest BCUT2D eigenvalue weighted by Gasteiger charge is 2.48. The van der Waals surface area contributed by atoms with Gasteiger partial charge in [-0.05, 0) is 74.8 Å². The maximum atomic E-state index is 15.3. The van der Waals surface area contributed by atoms with Crippen LogP contribution in [0.5, 0.6) is 11.5 Å². The van der Waals surface area contributed by atoms with Crippen molar-refractivity contribution in [3.05, 3.63) is 53.2 Å². The molecule has 0 spiro atoms. The molecule has 4 aliphatic rings. The molecule has 3 fully saturated rings. The zero-order chi connectivity index (χ0) is 28.3. The van der Waals surface area contributed by atoms with Gasteiger partial charge < -0.3 is 24.2 Å². The molecule has 3 aliphatic heterocycles. The van der Waals surface area contributed by atoms with Gasteiger partial charge in [-0.3, -0.25) is 4.90 Å². The molecule has 1 aliphatic carbocycles. The fourth-order valence-electron chi connectivity index (χ4n) is 6.74. The molecule has 3 aromatic rings. The Kier molecular flexibility index (Phi) is 6.58. The van der Waals surface area contributed by atoms with Gasteiger partial charge in [0.2, 0.25) is 0 Å². The summed E-state index contributed by atoms with van der Waals surface area (Å²) in [5.74, 6) is 1.30. The van der Waals surface area contributed by atoms with E-state index in [1.165, 1.54) is 10.5 Å². The Morgan fingerprint density at radius 3 is 2.71 bits per heavy atom. The first kappa shape index (κ1) is 26.5. The van der Waals surface area contributed by atoms with Gasteiger partial charge in [0.05, 0.1) is 38.0 Å². The number of likely N-dealkylation sites (tertiary alicyclic amines) is 1. The molecule has 1 aromatic heterocycles. The van der Waals surface area contributed by atoms with E-state index in [9.17, 15) is 4.79 Å². The molecule has 4 heterocycles. The molecule has 10 heteroatoms. The number of carboxylic acid groups (broad SMARTS) is 1. The molecule has 0 radical (unpaired) electrons. The van der Waals surface area contributed by atoms with Gasteiger partial charge in [0.25, 0.3) is 0 Å². The van der Waals surface area contributed by atoms with E-state index in [1.54, 1.807) is 7.11 Å². The minimum atomic E-state index is -1.14. The molecular formula is C31H37FN4O5. The van der Waals surface area contributed by atoms with E-state index in [1.807, 2.05) is 29.1 Å². The SMILES string of the molecule is COc1cc(OC2CN(C(=O)O)C2)ccc1[C@@H]1c2ccc3c(cnn3C3CCCCO3)c2C[C@@H](C)N1CC1(F)CC1. The number of rotatable bonds is 7. The molecule has 41 heavy (non-hydrogen) atoms. The van der Waals surface area contributed by atoms with Gasteiger partial charge in [-0.1, -0.05) is 6.07 Å². The number of nitrogens with zero attached hydrogens (tertiary/aromatic N) is 4. The second-order valence-electron chi connectivity index (χ2n) is 12.1. The number of carbonyl (C=O) groups is 1. The lowest BCUT2D eigenvalue weighted by molar-refractivity contribution is -0.0366. The van der Waals surface area contributed by atoms with Crippen molar-refractivity contribution in [2.45, 2.75) is 75.5 Å². The number of halogens is 1. The smallest absolute Gasteiger partial charge is 0.407 e. The van der Waals surface area contributed by atoms with Crippen LogP contribution in [0.4, 0.5) is 9.18 Å². The zero-order valence-corrected chi connectivity index (χ0v) is 23.6. The summed E-state index contributed by atoms with van der Waals surface area (Å²) in [6.07, 6.45) is 5.99. The average molecular weight is 565 g/mol. The van der Waals surface area contributed by atoms with E-state index in [0.717, 1.165) is 54.3 Å². The van der Waals surface area contributed by atoms with E-state index in [2.05, 4.69) is 24.0 Å². The number of fused-ring (bicyclic) bond motifs is 3. The first-order valence-corrected chi connectivity index (χ1v) is 14.7. The topological polar surface area (TPSA) is 89.3 Å². The van der Waals surface area contributed by atoms with E-state index in [-0.39, 0.29) is 24.4 Å². The van der Waals surface area contributed by atoms with Crippen LogP contribution in [0, 0.1) is 0 Å². The second-order valence-corrected chi connectivity index (χ2v) is 12.1. The number of aromatic nitrogens is 2. The van der Waals surface area contributed by atoms with E-state index >= 15 is 4.39 Å². The summed E-state index contributed by atoms with van der Waals surface area (Å²) in [6.45, 7) is 4.00. The van der Waals surface area contributed by atoms with Crippen molar-refractivity contribution >= 4 is 17.0 Å². The first-order chi connectivity index (χ1) is 19.8. The summed E-state index contributed by atoms with van der Waals surface area (Å²) in [5, 5.41) is 15.0. The molecular weight excluding hydrogens is 527 g/mol. The molecule has 218 valence electrons. The number of hydrogen-bond acceptors (Lipinski definition) is 6. The van der Waals surface area contributed by atoms with Crippen molar-refractivity contribution in [3.8, 4) is 11.5 Å². The van der Waals surface area contributed by atoms with E-state index in [4.69, 9.17) is 24.4 Å². The first-order valence-electron chi connectivity index (χ1n) is 14.7. The van der Waals surface area contributed by atoms with Crippen molar-refractivity contribution in [2.75, 3.05) is 33.4 Å². The van der Waals surface area contributed by atoms with Gasteiger partial charge in [0.1, 0.15) is 23.3 Å². The molecule has 1 N–H and O–H groups in total. The highest BCUT2D eigenvalue weighted by atomic mass is 19.1. The summed E-state index contributed by atoms with van der Waals surface area (Å²) in [5.41, 5.74) is 3.28. The molecule has 3 atom stereocenters. The monoisotopic (exact) mass is 564 g/mol. The van der Waals surface area contributed by atoms with Crippen LogP contribution in [0.15, 0.2) is 36.5 Å². The minimum Gasteiger partial charge on any atom is -0.496 e. The second kappa shape index (κ2) is 10.2. The van der Waals surface area contributed by atoms with Crippen molar-refractivity contribution in [1.82, 2.24) is 19.6 Å². The Morgan fingerprint density at radius 1 is 1.20 bits per heavy atom. The lowest BCUT2D eigenvalue weighted by atomic mass is 9.83. The van der Waals surface area contributed by atoms with Crippen LogP contribution < -0.4 is 9.47 Å². The number of hydrogen-bond donors (Lipinski definition) is 1. The molecule has 7 rings (SSSR count). The highest BCUT2D eigenvalue weighted by molar-refractivity contribution is 5.84. The highest BCUT2D eigenvalue weighted by Crippen LogP contribution is 2.49. The third kappa shape index (κ3) is 4.80. The Balaban J connectivity index is 1.26. The molecule has 0 bridgehead atoms. The van der Waals surface area contributed by atoms with Crippen LogP contribution in [-0.2, 0) is 11.2 Å². The van der Waals surface area contributed by atoms with Gasteiger partial charge >= 0.3 is 6.09 Å². The molecule has 1 amide bonds. The Labute approximate surface area is 238 Å². The normalized spacial score (nSPS) is 25.9. The third-order valence-electron chi connectivity index (χ3n) is 9.23. The van der Waals surface area contributed by atoms with Crippen LogP contribution in [0.3, 0.4) is 0 Å². The lowest BCUT2D eigenvalue weighted by Gasteiger charge is -2.43. The predicted octanol–water partition coefficient (Wildman–Crippen LogP) is 5.32. The van der Waals surface area contributed by atoms with Crippen molar-refractivity contribution in [3.63, 3.8) is 0 Å². The fourth-order valence-corrected chi connectivity index (χ4v) is 6.74. The molecule has 2 saturated heterocycles. The van der Waals surface area contributed by atoms with Gasteiger partial charge in [-0.2, -0.15) is 5.10 Å². The van der Waals surface area contributed by atoms with Crippen LogP contribution in [0.1, 0.15) is 68.0 Å². The average Bonchev–Trinajstić information content (AvgIpc) is 3.51. The summed E-state index contributed by atoms with van der Waals surface area (Å²) >= 11 is 0. The number of ether oxygens (including phenoxy) is 3. The molecule has 1 unspecified atom stereocenters. The van der Waals surface area contributed by atoms with E-state index in [0.29, 0.717) is 44.0 Å². The number of methoxy groups -OCH3 is 1.